The van der Waals surface area contributed by atoms with Crippen molar-refractivity contribution in [3.8, 4) is 0 Å². The Kier molecular flexibility index (Phi) is 5.30. The van der Waals surface area contributed by atoms with E-state index in [-0.39, 0.29) is 5.54 Å². The van der Waals surface area contributed by atoms with Crippen molar-refractivity contribution >= 4 is 0 Å². The van der Waals surface area contributed by atoms with Crippen LogP contribution in [-0.2, 0) is 0 Å². The van der Waals surface area contributed by atoms with Crippen molar-refractivity contribution < 1.29 is 0 Å². The van der Waals surface area contributed by atoms with Crippen LogP contribution in [0.5, 0.6) is 0 Å². The predicted molar refractivity (Wildman–Crippen MR) is 72.4 cm³/mol. The Morgan fingerprint density at radius 2 is 1.88 bits per heavy atom. The molecule has 0 heterocycles. The zero-order valence-corrected chi connectivity index (χ0v) is 11.8. The SMILES string of the molecule is CCCC(C)C1(N)CCCC(C(C)C)CC1. The topological polar surface area (TPSA) is 26.0 Å². The lowest BCUT2D eigenvalue weighted by atomic mass is 9.77. The summed E-state index contributed by atoms with van der Waals surface area (Å²) in [7, 11) is 0. The van der Waals surface area contributed by atoms with E-state index >= 15 is 0 Å². The van der Waals surface area contributed by atoms with Crippen molar-refractivity contribution in [2.45, 2.75) is 78.2 Å². The van der Waals surface area contributed by atoms with Crippen molar-refractivity contribution in [1.29, 1.82) is 0 Å². The van der Waals surface area contributed by atoms with Gasteiger partial charge in [0.15, 0.2) is 0 Å². The van der Waals surface area contributed by atoms with Crippen LogP contribution in [0.1, 0.15) is 72.6 Å². The number of hydrogen-bond acceptors (Lipinski definition) is 1. The van der Waals surface area contributed by atoms with Gasteiger partial charge >= 0.3 is 0 Å². The second kappa shape index (κ2) is 6.05. The lowest BCUT2D eigenvalue weighted by molar-refractivity contribution is 0.234. The van der Waals surface area contributed by atoms with Crippen molar-refractivity contribution in [3.05, 3.63) is 0 Å². The zero-order chi connectivity index (χ0) is 12.2. The Labute approximate surface area is 102 Å². The molecule has 16 heavy (non-hydrogen) atoms. The molecule has 0 saturated heterocycles. The van der Waals surface area contributed by atoms with E-state index in [2.05, 4.69) is 27.7 Å². The maximum atomic E-state index is 6.65. The number of hydrogen-bond donors (Lipinski definition) is 1. The van der Waals surface area contributed by atoms with Gasteiger partial charge in [0.25, 0.3) is 0 Å². The maximum absolute atomic E-state index is 6.65. The Morgan fingerprint density at radius 3 is 2.44 bits per heavy atom. The zero-order valence-electron chi connectivity index (χ0n) is 11.8. The molecule has 3 atom stereocenters. The average molecular weight is 225 g/mol. The molecular weight excluding hydrogens is 194 g/mol. The van der Waals surface area contributed by atoms with Crippen LogP contribution in [0, 0.1) is 17.8 Å². The van der Waals surface area contributed by atoms with Crippen LogP contribution >= 0.6 is 0 Å². The highest BCUT2D eigenvalue weighted by atomic mass is 14.8. The molecule has 0 aliphatic heterocycles. The van der Waals surface area contributed by atoms with Gasteiger partial charge in [0.1, 0.15) is 0 Å². The first kappa shape index (κ1) is 14.0. The summed E-state index contributed by atoms with van der Waals surface area (Å²) >= 11 is 0. The fourth-order valence-electron chi connectivity index (χ4n) is 3.30. The van der Waals surface area contributed by atoms with Crippen LogP contribution in [0.3, 0.4) is 0 Å². The molecule has 0 radical (unpaired) electrons. The minimum atomic E-state index is 0.139. The van der Waals surface area contributed by atoms with Gasteiger partial charge in [-0.2, -0.15) is 0 Å². The maximum Gasteiger partial charge on any atom is 0.0180 e. The summed E-state index contributed by atoms with van der Waals surface area (Å²) < 4.78 is 0. The largest absolute Gasteiger partial charge is 0.325 e. The first-order valence-electron chi connectivity index (χ1n) is 7.28. The highest BCUT2D eigenvalue weighted by molar-refractivity contribution is 4.92. The second-order valence-corrected chi connectivity index (χ2v) is 6.36. The molecule has 1 aliphatic carbocycles. The Bertz CT molecular complexity index is 200. The van der Waals surface area contributed by atoms with Crippen LogP contribution in [0.15, 0.2) is 0 Å². The molecule has 1 nitrogen and oxygen atoms in total. The highest BCUT2D eigenvalue weighted by Crippen LogP contribution is 2.37. The molecule has 0 aromatic heterocycles. The molecule has 3 unspecified atom stereocenters. The van der Waals surface area contributed by atoms with E-state index in [1.807, 2.05) is 0 Å². The number of rotatable bonds is 4. The lowest BCUT2D eigenvalue weighted by Crippen LogP contribution is -2.45. The van der Waals surface area contributed by atoms with Crippen LogP contribution in [-0.4, -0.2) is 5.54 Å². The molecule has 1 aliphatic rings. The van der Waals surface area contributed by atoms with Gasteiger partial charge in [-0.05, 0) is 43.4 Å². The van der Waals surface area contributed by atoms with Crippen LogP contribution in [0.4, 0.5) is 0 Å². The van der Waals surface area contributed by atoms with Crippen LogP contribution in [0.2, 0.25) is 0 Å². The monoisotopic (exact) mass is 225 g/mol. The third kappa shape index (κ3) is 3.48. The van der Waals surface area contributed by atoms with E-state index in [0.717, 1.165) is 11.8 Å². The molecule has 0 aromatic rings. The van der Waals surface area contributed by atoms with Gasteiger partial charge in [-0.25, -0.2) is 0 Å². The fourth-order valence-corrected chi connectivity index (χ4v) is 3.30. The van der Waals surface area contributed by atoms with E-state index in [0.29, 0.717) is 5.92 Å². The van der Waals surface area contributed by atoms with Crippen molar-refractivity contribution in [2.24, 2.45) is 23.5 Å². The van der Waals surface area contributed by atoms with Gasteiger partial charge in [-0.15, -0.1) is 0 Å². The van der Waals surface area contributed by atoms with Crippen molar-refractivity contribution in [2.75, 3.05) is 0 Å². The van der Waals surface area contributed by atoms with Gasteiger partial charge < -0.3 is 5.73 Å². The molecule has 0 spiro atoms. The molecule has 1 fully saturated rings. The van der Waals surface area contributed by atoms with Gasteiger partial charge in [0.2, 0.25) is 0 Å². The second-order valence-electron chi connectivity index (χ2n) is 6.36. The summed E-state index contributed by atoms with van der Waals surface area (Å²) in [6.07, 6.45) is 9.15. The molecule has 1 heteroatoms. The highest BCUT2D eigenvalue weighted by Gasteiger charge is 2.34. The summed E-state index contributed by atoms with van der Waals surface area (Å²) in [6, 6.07) is 0. The summed E-state index contributed by atoms with van der Waals surface area (Å²) in [4.78, 5) is 0. The standard InChI is InChI=1S/C15H31N/c1-5-7-13(4)15(16)10-6-8-14(9-11-15)12(2)3/h12-14H,5-11,16H2,1-4H3. The quantitative estimate of drug-likeness (QED) is 0.707. The Morgan fingerprint density at radius 1 is 1.19 bits per heavy atom. The van der Waals surface area contributed by atoms with E-state index in [9.17, 15) is 0 Å². The minimum absolute atomic E-state index is 0.139. The fraction of sp³-hybridized carbons (Fsp3) is 1.00. The molecule has 1 saturated carbocycles. The molecule has 96 valence electrons. The van der Waals surface area contributed by atoms with Gasteiger partial charge in [0, 0.05) is 5.54 Å². The first-order valence-corrected chi connectivity index (χ1v) is 7.28. The molecule has 2 N–H and O–H groups in total. The van der Waals surface area contributed by atoms with Crippen molar-refractivity contribution in [3.63, 3.8) is 0 Å². The lowest BCUT2D eigenvalue weighted by Gasteiger charge is -2.35. The number of nitrogens with two attached hydrogens (primary N) is 1. The van der Waals surface area contributed by atoms with Crippen molar-refractivity contribution in [1.82, 2.24) is 0 Å². The van der Waals surface area contributed by atoms with Gasteiger partial charge in [-0.3, -0.25) is 0 Å². The molecule has 0 amide bonds. The van der Waals surface area contributed by atoms with Crippen LogP contribution < -0.4 is 5.73 Å². The van der Waals surface area contributed by atoms with E-state index < -0.39 is 0 Å². The summed E-state index contributed by atoms with van der Waals surface area (Å²) in [5, 5.41) is 0. The van der Waals surface area contributed by atoms with E-state index in [1.54, 1.807) is 0 Å². The normalized spacial score (nSPS) is 33.8. The minimum Gasteiger partial charge on any atom is -0.325 e. The van der Waals surface area contributed by atoms with E-state index in [1.165, 1.54) is 44.9 Å². The molecule has 0 bridgehead atoms. The van der Waals surface area contributed by atoms with Crippen LogP contribution in [0.25, 0.3) is 0 Å². The summed E-state index contributed by atoms with van der Waals surface area (Å²) in [5.74, 6) is 2.45. The van der Waals surface area contributed by atoms with E-state index in [4.69, 9.17) is 5.73 Å². The average Bonchev–Trinajstić information content (AvgIpc) is 2.42. The smallest absolute Gasteiger partial charge is 0.0180 e. The molecule has 1 rings (SSSR count). The third-order valence-corrected chi connectivity index (χ3v) is 4.84. The summed E-state index contributed by atoms with van der Waals surface area (Å²) in [5.41, 5.74) is 6.79. The Balaban J connectivity index is 2.56. The molecular formula is C15H31N. The van der Waals surface area contributed by atoms with Gasteiger partial charge in [-0.1, -0.05) is 47.0 Å². The third-order valence-electron chi connectivity index (χ3n) is 4.84. The molecule has 0 aromatic carbocycles. The van der Waals surface area contributed by atoms with Gasteiger partial charge in [0.05, 0.1) is 0 Å². The Hall–Kier alpha value is -0.0400. The first-order chi connectivity index (χ1) is 7.49. The summed E-state index contributed by atoms with van der Waals surface area (Å²) in [6.45, 7) is 9.36. The predicted octanol–water partition coefficient (Wildman–Crippen LogP) is 4.36.